The summed E-state index contributed by atoms with van der Waals surface area (Å²) < 4.78 is 0. The van der Waals surface area contributed by atoms with E-state index in [1.165, 1.54) is 0 Å². The summed E-state index contributed by atoms with van der Waals surface area (Å²) in [5.41, 5.74) is 4.00. The normalized spacial score (nSPS) is 11.9. The summed E-state index contributed by atoms with van der Waals surface area (Å²) >= 11 is 0. The van der Waals surface area contributed by atoms with Gasteiger partial charge in [-0.05, 0) is 50.5 Å². The van der Waals surface area contributed by atoms with Crippen LogP contribution in [0.25, 0.3) is 0 Å². The van der Waals surface area contributed by atoms with Gasteiger partial charge >= 0.3 is 6.03 Å². The molecule has 0 aromatic heterocycles. The minimum absolute atomic E-state index is 0.0540. The Balaban J connectivity index is 2.80. The van der Waals surface area contributed by atoms with Crippen LogP contribution in [0.1, 0.15) is 24.5 Å². The standard InChI is InChI=1S/C15H25N3O2/c1-10-8-13(18(4)5)9-11(2)14(10)17-15(20)16-12(3)6-7-19/h8-9,12,19H,6-7H2,1-5H3,(H2,16,17,20)/t12-/m1/s1. The highest BCUT2D eigenvalue weighted by atomic mass is 16.3. The largest absolute Gasteiger partial charge is 0.396 e. The fourth-order valence-corrected chi connectivity index (χ4v) is 2.04. The average molecular weight is 279 g/mol. The molecule has 0 aliphatic carbocycles. The second-order valence-corrected chi connectivity index (χ2v) is 5.36. The summed E-state index contributed by atoms with van der Waals surface area (Å²) in [5.74, 6) is 0. The Bertz CT molecular complexity index is 449. The van der Waals surface area contributed by atoms with Crippen LogP contribution < -0.4 is 15.5 Å². The number of nitrogens with one attached hydrogen (secondary N) is 2. The van der Waals surface area contributed by atoms with Crippen LogP contribution in [0.5, 0.6) is 0 Å². The SMILES string of the molecule is Cc1cc(N(C)C)cc(C)c1NC(=O)N[C@H](C)CCO. The van der Waals surface area contributed by atoms with Gasteiger partial charge in [-0.25, -0.2) is 4.79 Å². The Morgan fingerprint density at radius 3 is 2.30 bits per heavy atom. The van der Waals surface area contributed by atoms with Gasteiger partial charge in [-0.3, -0.25) is 0 Å². The second kappa shape index (κ2) is 7.14. The summed E-state index contributed by atoms with van der Waals surface area (Å²) in [6.07, 6.45) is 0.547. The lowest BCUT2D eigenvalue weighted by Gasteiger charge is -2.19. The van der Waals surface area contributed by atoms with Crippen molar-refractivity contribution in [3.05, 3.63) is 23.3 Å². The molecule has 0 bridgehead atoms. The number of amides is 2. The first kappa shape index (κ1) is 16.3. The molecule has 1 aromatic carbocycles. The minimum atomic E-state index is -0.241. The summed E-state index contributed by atoms with van der Waals surface area (Å²) in [7, 11) is 3.98. The van der Waals surface area contributed by atoms with Gasteiger partial charge in [0, 0.05) is 38.1 Å². The number of hydrogen-bond acceptors (Lipinski definition) is 3. The van der Waals surface area contributed by atoms with E-state index >= 15 is 0 Å². The maximum Gasteiger partial charge on any atom is 0.319 e. The molecule has 0 spiro atoms. The summed E-state index contributed by atoms with van der Waals surface area (Å²) in [4.78, 5) is 13.9. The topological polar surface area (TPSA) is 64.6 Å². The van der Waals surface area contributed by atoms with Crippen LogP contribution in [0.15, 0.2) is 12.1 Å². The molecule has 0 saturated carbocycles. The molecular weight excluding hydrogens is 254 g/mol. The fourth-order valence-electron chi connectivity index (χ4n) is 2.04. The van der Waals surface area contributed by atoms with Crippen molar-refractivity contribution in [2.75, 3.05) is 30.9 Å². The molecule has 0 heterocycles. The van der Waals surface area contributed by atoms with Crippen LogP contribution in [-0.2, 0) is 0 Å². The van der Waals surface area contributed by atoms with Crippen molar-refractivity contribution >= 4 is 17.4 Å². The van der Waals surface area contributed by atoms with Crippen molar-refractivity contribution in [1.82, 2.24) is 5.32 Å². The molecule has 20 heavy (non-hydrogen) atoms. The maximum absolute atomic E-state index is 11.9. The molecule has 5 heteroatoms. The lowest BCUT2D eigenvalue weighted by atomic mass is 10.1. The third-order valence-corrected chi connectivity index (χ3v) is 3.21. The number of carbonyl (C=O) groups is 1. The van der Waals surface area contributed by atoms with Crippen LogP contribution in [0.3, 0.4) is 0 Å². The van der Waals surface area contributed by atoms with Gasteiger partial charge in [-0.15, -0.1) is 0 Å². The predicted molar refractivity (Wildman–Crippen MR) is 83.6 cm³/mol. The van der Waals surface area contributed by atoms with Crippen molar-refractivity contribution in [3.8, 4) is 0 Å². The van der Waals surface area contributed by atoms with E-state index in [2.05, 4.69) is 10.6 Å². The molecule has 0 aliphatic heterocycles. The molecule has 0 aliphatic rings. The summed E-state index contributed by atoms with van der Waals surface area (Å²) in [5, 5.41) is 14.5. The van der Waals surface area contributed by atoms with Gasteiger partial charge in [0.15, 0.2) is 0 Å². The van der Waals surface area contributed by atoms with E-state index in [0.29, 0.717) is 6.42 Å². The van der Waals surface area contributed by atoms with Crippen LogP contribution in [0, 0.1) is 13.8 Å². The van der Waals surface area contributed by atoms with Crippen LogP contribution in [-0.4, -0.2) is 37.9 Å². The smallest absolute Gasteiger partial charge is 0.319 e. The summed E-state index contributed by atoms with van der Waals surface area (Å²) in [6, 6.07) is 3.79. The highest BCUT2D eigenvalue weighted by Gasteiger charge is 2.11. The van der Waals surface area contributed by atoms with Crippen molar-refractivity contribution in [1.29, 1.82) is 0 Å². The molecule has 1 atom stereocenters. The first-order chi connectivity index (χ1) is 9.35. The molecule has 1 rings (SSSR count). The molecular formula is C15H25N3O2. The Morgan fingerprint density at radius 1 is 1.30 bits per heavy atom. The Labute approximate surface area is 121 Å². The number of aryl methyl sites for hydroxylation is 2. The number of rotatable bonds is 5. The van der Waals surface area contributed by atoms with Crippen LogP contribution in [0.4, 0.5) is 16.2 Å². The van der Waals surface area contributed by atoms with E-state index < -0.39 is 0 Å². The van der Waals surface area contributed by atoms with E-state index in [4.69, 9.17) is 5.11 Å². The van der Waals surface area contributed by atoms with Gasteiger partial charge in [0.05, 0.1) is 0 Å². The number of anilines is 2. The molecule has 112 valence electrons. The first-order valence-corrected chi connectivity index (χ1v) is 6.82. The molecule has 2 amide bonds. The number of nitrogens with zero attached hydrogens (tertiary/aromatic N) is 1. The zero-order valence-electron chi connectivity index (χ0n) is 12.9. The van der Waals surface area contributed by atoms with Crippen LogP contribution >= 0.6 is 0 Å². The monoisotopic (exact) mass is 279 g/mol. The molecule has 0 radical (unpaired) electrons. The van der Waals surface area contributed by atoms with Gasteiger partial charge in [-0.1, -0.05) is 0 Å². The van der Waals surface area contributed by atoms with Crippen molar-refractivity contribution in [3.63, 3.8) is 0 Å². The van der Waals surface area contributed by atoms with Crippen molar-refractivity contribution < 1.29 is 9.90 Å². The van der Waals surface area contributed by atoms with Gasteiger partial charge in [0.2, 0.25) is 0 Å². The number of carbonyl (C=O) groups excluding carboxylic acids is 1. The third-order valence-electron chi connectivity index (χ3n) is 3.21. The Kier molecular flexibility index (Phi) is 5.82. The number of hydrogen-bond donors (Lipinski definition) is 3. The predicted octanol–water partition coefficient (Wildman–Crippen LogP) is 2.26. The number of benzene rings is 1. The molecule has 0 fully saturated rings. The first-order valence-electron chi connectivity index (χ1n) is 6.82. The second-order valence-electron chi connectivity index (χ2n) is 5.36. The van der Waals surface area contributed by atoms with Crippen LogP contribution in [0.2, 0.25) is 0 Å². The third kappa shape index (κ3) is 4.42. The molecule has 1 aromatic rings. The molecule has 0 unspecified atom stereocenters. The minimum Gasteiger partial charge on any atom is -0.396 e. The van der Waals surface area contributed by atoms with E-state index in [9.17, 15) is 4.79 Å². The number of aliphatic hydroxyl groups excluding tert-OH is 1. The Morgan fingerprint density at radius 2 is 1.85 bits per heavy atom. The number of aliphatic hydroxyl groups is 1. The number of urea groups is 1. The quantitative estimate of drug-likeness (QED) is 0.774. The highest BCUT2D eigenvalue weighted by Crippen LogP contribution is 2.26. The molecule has 3 N–H and O–H groups in total. The molecule has 5 nitrogen and oxygen atoms in total. The summed E-state index contributed by atoms with van der Waals surface area (Å²) in [6.45, 7) is 5.89. The van der Waals surface area contributed by atoms with Gasteiger partial charge < -0.3 is 20.6 Å². The zero-order chi connectivity index (χ0) is 15.3. The highest BCUT2D eigenvalue weighted by molar-refractivity contribution is 5.91. The lowest BCUT2D eigenvalue weighted by molar-refractivity contribution is 0.241. The van der Waals surface area contributed by atoms with E-state index in [1.54, 1.807) is 0 Å². The average Bonchev–Trinajstić information content (AvgIpc) is 2.33. The van der Waals surface area contributed by atoms with Crippen molar-refractivity contribution in [2.45, 2.75) is 33.2 Å². The zero-order valence-corrected chi connectivity index (χ0v) is 12.9. The van der Waals surface area contributed by atoms with E-state index in [-0.39, 0.29) is 18.7 Å². The maximum atomic E-state index is 11.9. The van der Waals surface area contributed by atoms with E-state index in [1.807, 2.05) is 51.9 Å². The van der Waals surface area contributed by atoms with Gasteiger partial charge in [0.1, 0.15) is 0 Å². The molecule has 0 saturated heterocycles. The van der Waals surface area contributed by atoms with Gasteiger partial charge in [0.25, 0.3) is 0 Å². The lowest BCUT2D eigenvalue weighted by Crippen LogP contribution is -2.36. The van der Waals surface area contributed by atoms with Gasteiger partial charge in [-0.2, -0.15) is 0 Å². The van der Waals surface area contributed by atoms with Crippen molar-refractivity contribution in [2.24, 2.45) is 0 Å². The fraction of sp³-hybridized carbons (Fsp3) is 0.533. The van der Waals surface area contributed by atoms with E-state index in [0.717, 1.165) is 22.5 Å². The Hall–Kier alpha value is -1.75.